The van der Waals surface area contributed by atoms with Crippen LogP contribution in [0.25, 0.3) is 10.9 Å². The van der Waals surface area contributed by atoms with E-state index in [9.17, 15) is 9.59 Å². The molecule has 1 aliphatic carbocycles. The maximum atomic E-state index is 12.9. The van der Waals surface area contributed by atoms with Crippen LogP contribution >= 0.6 is 0 Å². The summed E-state index contributed by atoms with van der Waals surface area (Å²) in [6.45, 7) is 2.35. The summed E-state index contributed by atoms with van der Waals surface area (Å²) in [4.78, 5) is 31.7. The smallest absolute Gasteiger partial charge is 0.287 e. The Labute approximate surface area is 176 Å². The lowest BCUT2D eigenvalue weighted by molar-refractivity contribution is -0.135. The molecule has 0 unspecified atom stereocenters. The summed E-state index contributed by atoms with van der Waals surface area (Å²) in [5, 5.41) is 4.14. The number of para-hydroxylation sites is 1. The van der Waals surface area contributed by atoms with Crippen LogP contribution in [0.1, 0.15) is 47.5 Å². The molecule has 4 rings (SSSR count). The SMILES string of the molecule is Cc1ccoc1C(=O)NC1CCC(C(=O)N(C)Cc2ccc3ccccc3n2)CC1. The fourth-order valence-corrected chi connectivity index (χ4v) is 4.17. The molecule has 3 aromatic rings. The summed E-state index contributed by atoms with van der Waals surface area (Å²) < 4.78 is 5.26. The number of amides is 2. The molecule has 2 amide bonds. The number of carbonyl (C=O) groups excluding carboxylic acids is 2. The average molecular weight is 405 g/mol. The van der Waals surface area contributed by atoms with Crippen LogP contribution in [0.5, 0.6) is 0 Å². The maximum Gasteiger partial charge on any atom is 0.287 e. The summed E-state index contributed by atoms with van der Waals surface area (Å²) in [5.74, 6) is 0.341. The van der Waals surface area contributed by atoms with Crippen molar-refractivity contribution in [2.75, 3.05) is 7.05 Å². The minimum Gasteiger partial charge on any atom is -0.459 e. The number of nitrogens with zero attached hydrogens (tertiary/aromatic N) is 2. The zero-order valence-electron chi connectivity index (χ0n) is 17.4. The van der Waals surface area contributed by atoms with E-state index in [2.05, 4.69) is 10.3 Å². The first-order valence-electron chi connectivity index (χ1n) is 10.5. The van der Waals surface area contributed by atoms with Gasteiger partial charge in [-0.1, -0.05) is 24.3 Å². The van der Waals surface area contributed by atoms with Gasteiger partial charge in [0.05, 0.1) is 24.0 Å². The number of carbonyl (C=O) groups is 2. The molecule has 6 nitrogen and oxygen atoms in total. The van der Waals surface area contributed by atoms with Crippen LogP contribution in [0.3, 0.4) is 0 Å². The Balaban J connectivity index is 1.30. The van der Waals surface area contributed by atoms with E-state index < -0.39 is 0 Å². The van der Waals surface area contributed by atoms with Crippen LogP contribution in [0, 0.1) is 12.8 Å². The second-order valence-corrected chi connectivity index (χ2v) is 8.14. The molecule has 1 N–H and O–H groups in total. The van der Waals surface area contributed by atoms with Crippen LogP contribution < -0.4 is 5.32 Å². The van der Waals surface area contributed by atoms with Crippen molar-refractivity contribution in [1.29, 1.82) is 0 Å². The van der Waals surface area contributed by atoms with Gasteiger partial charge in [-0.3, -0.25) is 14.6 Å². The van der Waals surface area contributed by atoms with Crippen molar-refractivity contribution in [2.45, 2.75) is 45.2 Å². The number of rotatable bonds is 5. The van der Waals surface area contributed by atoms with E-state index in [4.69, 9.17) is 4.42 Å². The van der Waals surface area contributed by atoms with E-state index >= 15 is 0 Å². The Morgan fingerprint density at radius 3 is 2.60 bits per heavy atom. The Kier molecular flexibility index (Phi) is 5.84. The molecule has 0 atom stereocenters. The van der Waals surface area contributed by atoms with Crippen LogP contribution in [0.15, 0.2) is 53.1 Å². The lowest BCUT2D eigenvalue weighted by atomic mass is 9.85. The first-order chi connectivity index (χ1) is 14.5. The predicted molar refractivity (Wildman–Crippen MR) is 115 cm³/mol. The first-order valence-corrected chi connectivity index (χ1v) is 10.5. The first kappa shape index (κ1) is 20.1. The number of nitrogens with one attached hydrogen (secondary N) is 1. The van der Waals surface area contributed by atoms with Crippen LogP contribution in [-0.2, 0) is 11.3 Å². The van der Waals surface area contributed by atoms with Gasteiger partial charge in [0.25, 0.3) is 5.91 Å². The number of hydrogen-bond acceptors (Lipinski definition) is 4. The van der Waals surface area contributed by atoms with E-state index in [0.29, 0.717) is 12.3 Å². The maximum absolute atomic E-state index is 12.9. The van der Waals surface area contributed by atoms with Crippen molar-refractivity contribution in [3.05, 3.63) is 65.7 Å². The quantitative estimate of drug-likeness (QED) is 0.694. The fourth-order valence-electron chi connectivity index (χ4n) is 4.17. The molecular formula is C24H27N3O3. The van der Waals surface area contributed by atoms with Gasteiger partial charge < -0.3 is 14.6 Å². The Hall–Kier alpha value is -3.15. The minimum atomic E-state index is -0.174. The Morgan fingerprint density at radius 1 is 1.10 bits per heavy atom. The third-order valence-corrected chi connectivity index (χ3v) is 5.91. The lowest BCUT2D eigenvalue weighted by Crippen LogP contribution is -2.41. The van der Waals surface area contributed by atoms with Gasteiger partial charge >= 0.3 is 0 Å². The molecule has 0 aliphatic heterocycles. The van der Waals surface area contributed by atoms with E-state index in [1.165, 1.54) is 6.26 Å². The molecule has 0 radical (unpaired) electrons. The second-order valence-electron chi connectivity index (χ2n) is 8.14. The molecule has 0 bridgehead atoms. The van der Waals surface area contributed by atoms with Gasteiger partial charge in [-0.2, -0.15) is 0 Å². The van der Waals surface area contributed by atoms with Gasteiger partial charge in [-0.15, -0.1) is 0 Å². The van der Waals surface area contributed by atoms with Crippen LogP contribution in [-0.4, -0.2) is 34.8 Å². The molecule has 6 heteroatoms. The van der Waals surface area contributed by atoms with Gasteiger partial charge in [0.15, 0.2) is 5.76 Å². The van der Waals surface area contributed by atoms with E-state index in [-0.39, 0.29) is 23.8 Å². The normalized spacial score (nSPS) is 18.9. The predicted octanol–water partition coefficient (Wildman–Crippen LogP) is 4.08. The van der Waals surface area contributed by atoms with Crippen LogP contribution in [0.2, 0.25) is 0 Å². The Morgan fingerprint density at radius 2 is 1.87 bits per heavy atom. The van der Waals surface area contributed by atoms with Gasteiger partial charge in [0.1, 0.15) is 0 Å². The number of furan rings is 1. The standard InChI is InChI=1S/C24H27N3O3/c1-16-13-14-30-22(16)23(28)26-19-10-8-18(9-11-19)24(29)27(2)15-20-12-7-17-5-3-4-6-21(17)25-20/h3-7,12-14,18-19H,8-11,15H2,1-2H3,(H,26,28). The number of fused-ring (bicyclic) bond motifs is 1. The third-order valence-electron chi connectivity index (χ3n) is 5.91. The van der Waals surface area contributed by atoms with Gasteiger partial charge in [-0.05, 0) is 50.8 Å². The fraction of sp³-hybridized carbons (Fsp3) is 0.375. The number of benzene rings is 1. The van der Waals surface area contributed by atoms with Crippen molar-refractivity contribution < 1.29 is 14.0 Å². The van der Waals surface area contributed by atoms with Crippen molar-refractivity contribution in [1.82, 2.24) is 15.2 Å². The van der Waals surface area contributed by atoms with E-state index in [1.54, 1.807) is 11.0 Å². The van der Waals surface area contributed by atoms with Gasteiger partial charge in [-0.25, -0.2) is 0 Å². The molecule has 30 heavy (non-hydrogen) atoms. The zero-order chi connectivity index (χ0) is 21.1. The Bertz CT molecular complexity index is 1050. The van der Waals surface area contributed by atoms with Crippen molar-refractivity contribution in [3.63, 3.8) is 0 Å². The molecule has 1 aliphatic rings. The van der Waals surface area contributed by atoms with Crippen molar-refractivity contribution >= 4 is 22.7 Å². The topological polar surface area (TPSA) is 75.4 Å². The highest BCUT2D eigenvalue weighted by Gasteiger charge is 2.29. The average Bonchev–Trinajstić information content (AvgIpc) is 3.19. The molecule has 156 valence electrons. The number of aryl methyl sites for hydroxylation is 1. The van der Waals surface area contributed by atoms with Crippen molar-refractivity contribution in [2.24, 2.45) is 5.92 Å². The molecule has 0 saturated heterocycles. The van der Waals surface area contributed by atoms with E-state index in [1.807, 2.05) is 50.4 Å². The highest BCUT2D eigenvalue weighted by atomic mass is 16.3. The molecule has 0 spiro atoms. The van der Waals surface area contributed by atoms with Gasteiger partial charge in [0.2, 0.25) is 5.91 Å². The number of aromatic nitrogens is 1. The molecule has 2 heterocycles. The third kappa shape index (κ3) is 4.37. The monoisotopic (exact) mass is 405 g/mol. The molecule has 1 fully saturated rings. The molecule has 2 aromatic heterocycles. The lowest BCUT2D eigenvalue weighted by Gasteiger charge is -2.30. The largest absolute Gasteiger partial charge is 0.459 e. The summed E-state index contributed by atoms with van der Waals surface area (Å²) in [5.41, 5.74) is 2.67. The summed E-state index contributed by atoms with van der Waals surface area (Å²) >= 11 is 0. The second kappa shape index (κ2) is 8.69. The summed E-state index contributed by atoms with van der Waals surface area (Å²) in [6, 6.07) is 13.9. The van der Waals surface area contributed by atoms with Gasteiger partial charge in [0, 0.05) is 30.0 Å². The van der Waals surface area contributed by atoms with Crippen molar-refractivity contribution in [3.8, 4) is 0 Å². The highest BCUT2D eigenvalue weighted by Crippen LogP contribution is 2.27. The molecular weight excluding hydrogens is 378 g/mol. The molecule has 1 aromatic carbocycles. The summed E-state index contributed by atoms with van der Waals surface area (Å²) in [7, 11) is 1.84. The minimum absolute atomic E-state index is 0.00560. The highest BCUT2D eigenvalue weighted by molar-refractivity contribution is 5.93. The van der Waals surface area contributed by atoms with E-state index in [0.717, 1.165) is 47.8 Å². The summed E-state index contributed by atoms with van der Waals surface area (Å²) in [6.07, 6.45) is 4.67. The molecule has 1 saturated carbocycles. The zero-order valence-corrected chi connectivity index (χ0v) is 17.4. The van der Waals surface area contributed by atoms with Crippen LogP contribution in [0.4, 0.5) is 0 Å². The number of hydrogen-bond donors (Lipinski definition) is 1. The number of pyridine rings is 1.